The summed E-state index contributed by atoms with van der Waals surface area (Å²) in [5.41, 5.74) is 0.796. The number of carbonyl (C=O) groups is 2. The topological polar surface area (TPSA) is 104 Å². The van der Waals surface area contributed by atoms with Gasteiger partial charge in [-0.15, -0.1) is 0 Å². The Kier molecular flexibility index (Phi) is 8.05. The first kappa shape index (κ1) is 21.1. The number of hydrogen-bond acceptors (Lipinski definition) is 4. The quantitative estimate of drug-likeness (QED) is 0.613. The first-order chi connectivity index (χ1) is 11.6. The fourth-order valence-corrected chi connectivity index (χ4v) is 3.44. The molecule has 0 aliphatic carbocycles. The van der Waals surface area contributed by atoms with Crippen LogP contribution < -0.4 is 5.32 Å². The molecule has 0 saturated heterocycles. The first-order valence-electron chi connectivity index (χ1n) is 8.20. The highest BCUT2D eigenvalue weighted by Gasteiger charge is 2.22. The van der Waals surface area contributed by atoms with E-state index in [1.807, 2.05) is 0 Å². The van der Waals surface area contributed by atoms with Gasteiger partial charge < -0.3 is 10.4 Å². The molecule has 1 rings (SSSR count). The van der Waals surface area contributed by atoms with Crippen LogP contribution in [0.25, 0.3) is 0 Å². The summed E-state index contributed by atoms with van der Waals surface area (Å²) < 4.78 is 26.0. The fraction of sp³-hybridized carbons (Fsp3) is 0.529. The van der Waals surface area contributed by atoms with Gasteiger partial charge >= 0.3 is 5.97 Å². The van der Waals surface area contributed by atoms with Crippen LogP contribution in [-0.4, -0.2) is 42.8 Å². The highest BCUT2D eigenvalue weighted by atomic mass is 32.2. The van der Waals surface area contributed by atoms with Crippen molar-refractivity contribution in [3.05, 3.63) is 29.8 Å². The third-order valence-corrected chi connectivity index (χ3v) is 5.91. The molecule has 25 heavy (non-hydrogen) atoms. The molecule has 0 unspecified atom stereocenters. The van der Waals surface area contributed by atoms with Gasteiger partial charge in [0.1, 0.15) is 0 Å². The summed E-state index contributed by atoms with van der Waals surface area (Å²) in [6.07, 6.45) is 1.34. The molecule has 0 saturated carbocycles. The summed E-state index contributed by atoms with van der Waals surface area (Å²) >= 11 is 0. The number of carboxylic acids is 1. The Balaban J connectivity index is 2.52. The molecular formula is C17H26N2O5S. The number of sulfonamides is 1. The number of hydrogen-bond donors (Lipinski definition) is 2. The number of unbranched alkanes of at least 4 members (excludes halogenated alkanes) is 1. The molecule has 0 radical (unpaired) electrons. The van der Waals surface area contributed by atoms with Crippen molar-refractivity contribution >= 4 is 21.9 Å². The number of nitrogens with zero attached hydrogens (tertiary/aromatic N) is 1. The second-order valence-electron chi connectivity index (χ2n) is 6.14. The lowest BCUT2D eigenvalue weighted by Gasteiger charge is -2.21. The van der Waals surface area contributed by atoms with E-state index in [2.05, 4.69) is 5.32 Å². The lowest BCUT2D eigenvalue weighted by molar-refractivity contribution is -0.137. The second kappa shape index (κ2) is 9.53. The molecule has 1 aromatic carbocycles. The number of carboxylic acid groups (broad SMARTS) is 1. The van der Waals surface area contributed by atoms with Crippen molar-refractivity contribution in [1.82, 2.24) is 9.62 Å². The molecule has 140 valence electrons. The molecular weight excluding hydrogens is 344 g/mol. The van der Waals surface area contributed by atoms with Crippen LogP contribution in [0.15, 0.2) is 29.2 Å². The van der Waals surface area contributed by atoms with Crippen molar-refractivity contribution < 1.29 is 23.1 Å². The maximum absolute atomic E-state index is 12.4. The minimum absolute atomic E-state index is 0.0635. The Morgan fingerprint density at radius 2 is 1.68 bits per heavy atom. The van der Waals surface area contributed by atoms with Gasteiger partial charge in [0.2, 0.25) is 15.9 Å². The van der Waals surface area contributed by atoms with Gasteiger partial charge in [0.15, 0.2) is 0 Å². The summed E-state index contributed by atoms with van der Waals surface area (Å²) in [6, 6.07) is 6.27. The van der Waals surface area contributed by atoms with Gasteiger partial charge in [0.25, 0.3) is 0 Å². The van der Waals surface area contributed by atoms with Crippen LogP contribution in [0.5, 0.6) is 0 Å². The molecule has 7 nitrogen and oxygen atoms in total. The van der Waals surface area contributed by atoms with Gasteiger partial charge in [-0.05, 0) is 44.4 Å². The Morgan fingerprint density at radius 3 is 2.20 bits per heavy atom. The molecule has 0 aromatic heterocycles. The minimum atomic E-state index is -3.51. The molecule has 0 spiro atoms. The summed E-state index contributed by atoms with van der Waals surface area (Å²) in [4.78, 5) is 22.3. The Hall–Kier alpha value is -1.93. The maximum atomic E-state index is 12.4. The lowest BCUT2D eigenvalue weighted by atomic mass is 10.2. The van der Waals surface area contributed by atoms with E-state index in [1.54, 1.807) is 33.0 Å². The van der Waals surface area contributed by atoms with E-state index in [1.165, 1.54) is 16.4 Å². The molecule has 1 amide bonds. The number of carbonyl (C=O) groups excluding carboxylic acids is 1. The zero-order valence-electron chi connectivity index (χ0n) is 14.9. The van der Waals surface area contributed by atoms with Crippen LogP contribution in [0.4, 0.5) is 0 Å². The van der Waals surface area contributed by atoms with Crippen molar-refractivity contribution in [2.75, 3.05) is 7.05 Å². The van der Waals surface area contributed by atoms with E-state index < -0.39 is 16.0 Å². The second-order valence-corrected chi connectivity index (χ2v) is 8.13. The fourth-order valence-electron chi connectivity index (χ4n) is 2.07. The predicted molar refractivity (Wildman–Crippen MR) is 94.5 cm³/mol. The molecule has 0 atom stereocenters. The van der Waals surface area contributed by atoms with Crippen molar-refractivity contribution in [1.29, 1.82) is 0 Å². The molecule has 8 heteroatoms. The monoisotopic (exact) mass is 370 g/mol. The molecule has 1 aromatic rings. The maximum Gasteiger partial charge on any atom is 0.303 e. The number of nitrogens with one attached hydrogen (secondary N) is 1. The average Bonchev–Trinajstić information content (AvgIpc) is 2.56. The van der Waals surface area contributed by atoms with Gasteiger partial charge in [-0.2, -0.15) is 4.31 Å². The average molecular weight is 370 g/mol. The van der Waals surface area contributed by atoms with E-state index in [9.17, 15) is 18.0 Å². The third kappa shape index (κ3) is 6.83. The van der Waals surface area contributed by atoms with Crippen LogP contribution in [0.2, 0.25) is 0 Å². The van der Waals surface area contributed by atoms with Gasteiger partial charge in [-0.1, -0.05) is 12.1 Å². The number of rotatable bonds is 10. The van der Waals surface area contributed by atoms with E-state index in [0.29, 0.717) is 19.4 Å². The Bertz CT molecular complexity index is 683. The van der Waals surface area contributed by atoms with Crippen molar-refractivity contribution in [3.63, 3.8) is 0 Å². The number of benzene rings is 1. The summed E-state index contributed by atoms with van der Waals surface area (Å²) in [5.74, 6) is -1.01. The van der Waals surface area contributed by atoms with Crippen LogP contribution in [0.1, 0.15) is 45.1 Å². The molecule has 0 aliphatic heterocycles. The van der Waals surface area contributed by atoms with Crippen molar-refractivity contribution in [2.45, 2.75) is 57.0 Å². The zero-order valence-corrected chi connectivity index (χ0v) is 15.7. The van der Waals surface area contributed by atoms with Gasteiger partial charge in [0.05, 0.1) is 4.90 Å². The van der Waals surface area contributed by atoms with Gasteiger partial charge in [-0.25, -0.2) is 8.42 Å². The highest BCUT2D eigenvalue weighted by Crippen LogP contribution is 2.17. The molecule has 0 heterocycles. The number of aliphatic carboxylic acids is 1. The summed E-state index contributed by atoms with van der Waals surface area (Å²) in [7, 11) is -1.97. The molecule has 0 bridgehead atoms. The molecule has 0 fully saturated rings. The lowest BCUT2D eigenvalue weighted by Crippen LogP contribution is -2.33. The molecule has 0 aliphatic rings. The first-order valence-corrected chi connectivity index (χ1v) is 9.64. The highest BCUT2D eigenvalue weighted by molar-refractivity contribution is 7.89. The van der Waals surface area contributed by atoms with E-state index in [4.69, 9.17) is 5.11 Å². The van der Waals surface area contributed by atoms with Gasteiger partial charge in [-0.3, -0.25) is 9.59 Å². The van der Waals surface area contributed by atoms with Crippen molar-refractivity contribution in [2.24, 2.45) is 0 Å². The SMILES string of the molecule is CC(C)N(C)S(=O)(=O)c1ccc(CNC(=O)CCCCC(=O)O)cc1. The normalized spacial score (nSPS) is 11.7. The van der Waals surface area contributed by atoms with Crippen LogP contribution in [0, 0.1) is 0 Å². The van der Waals surface area contributed by atoms with Crippen LogP contribution in [0.3, 0.4) is 0 Å². The third-order valence-electron chi connectivity index (χ3n) is 3.86. The summed E-state index contributed by atoms with van der Waals surface area (Å²) in [6.45, 7) is 3.91. The van der Waals surface area contributed by atoms with Crippen LogP contribution in [-0.2, 0) is 26.2 Å². The summed E-state index contributed by atoms with van der Waals surface area (Å²) in [5, 5.41) is 11.3. The predicted octanol–water partition coefficient (Wildman–Crippen LogP) is 1.98. The standard InChI is InChI=1S/C17H26N2O5S/c1-13(2)19(3)25(23,24)15-10-8-14(9-11-15)12-18-16(20)6-4-5-7-17(21)22/h8-11,13H,4-7,12H2,1-3H3,(H,18,20)(H,21,22). The largest absolute Gasteiger partial charge is 0.481 e. The molecule has 2 N–H and O–H groups in total. The van der Waals surface area contributed by atoms with Crippen molar-refractivity contribution in [3.8, 4) is 0 Å². The smallest absolute Gasteiger partial charge is 0.303 e. The Morgan fingerprint density at radius 1 is 1.12 bits per heavy atom. The van der Waals surface area contributed by atoms with E-state index in [0.717, 1.165) is 5.56 Å². The van der Waals surface area contributed by atoms with E-state index in [-0.39, 0.29) is 29.7 Å². The van der Waals surface area contributed by atoms with Gasteiger partial charge in [0, 0.05) is 32.5 Å². The number of amides is 1. The minimum Gasteiger partial charge on any atom is -0.481 e. The Labute approximate surface area is 149 Å². The zero-order chi connectivity index (χ0) is 19.0. The van der Waals surface area contributed by atoms with Crippen LogP contribution >= 0.6 is 0 Å². The van der Waals surface area contributed by atoms with E-state index >= 15 is 0 Å².